The van der Waals surface area contributed by atoms with Gasteiger partial charge in [0, 0.05) is 12.2 Å². The van der Waals surface area contributed by atoms with E-state index >= 15 is 0 Å². The van der Waals surface area contributed by atoms with Crippen molar-refractivity contribution in [2.75, 3.05) is 6.54 Å². The molecule has 1 unspecified atom stereocenters. The molecule has 18 heavy (non-hydrogen) atoms. The van der Waals surface area contributed by atoms with Gasteiger partial charge in [-0.2, -0.15) is 0 Å². The number of rotatable bonds is 8. The molecule has 0 aliphatic rings. The van der Waals surface area contributed by atoms with Crippen LogP contribution in [0.3, 0.4) is 0 Å². The lowest BCUT2D eigenvalue weighted by Crippen LogP contribution is -2.39. The monoisotopic (exact) mass is 244 g/mol. The fourth-order valence-corrected chi connectivity index (χ4v) is 1.56. The molecule has 0 radical (unpaired) electrons. The molecule has 0 saturated heterocycles. The Morgan fingerprint density at radius 3 is 2.44 bits per heavy atom. The number of nitrogens with zero attached hydrogens (tertiary/aromatic N) is 1. The third-order valence-electron chi connectivity index (χ3n) is 2.42. The lowest BCUT2D eigenvalue weighted by atomic mass is 10.2. The van der Waals surface area contributed by atoms with Gasteiger partial charge in [-0.05, 0) is 37.6 Å². The Balaban J connectivity index is 4.86. The summed E-state index contributed by atoms with van der Waals surface area (Å²) >= 11 is 0. The van der Waals surface area contributed by atoms with Crippen LogP contribution in [0.25, 0.3) is 0 Å². The van der Waals surface area contributed by atoms with E-state index in [1.165, 1.54) is 0 Å². The molecule has 0 spiro atoms. The molecule has 2 N–H and O–H groups in total. The van der Waals surface area contributed by atoms with Crippen molar-refractivity contribution in [3.8, 4) is 0 Å². The highest BCUT2D eigenvalue weighted by Crippen LogP contribution is 2.09. The number of nitrogens with two attached hydrogens (primary N) is 1. The summed E-state index contributed by atoms with van der Waals surface area (Å²) in [5.74, 6) is 0. The maximum atomic E-state index is 6.13. The molecule has 2 nitrogen and oxygen atoms in total. The molecule has 0 fully saturated rings. The minimum absolute atomic E-state index is 0.207. The van der Waals surface area contributed by atoms with Gasteiger partial charge >= 0.3 is 0 Å². The second-order valence-corrected chi connectivity index (χ2v) is 3.74. The maximum absolute atomic E-state index is 6.13. The summed E-state index contributed by atoms with van der Waals surface area (Å²) in [5, 5.41) is 0. The zero-order valence-electron chi connectivity index (χ0n) is 11.5. The topological polar surface area (TPSA) is 29.3 Å². The van der Waals surface area contributed by atoms with Crippen molar-refractivity contribution in [3.63, 3.8) is 0 Å². The number of hydrogen-bond acceptors (Lipinski definition) is 2. The van der Waals surface area contributed by atoms with Crippen LogP contribution in [0.1, 0.15) is 13.8 Å². The molecule has 0 rings (SSSR count). The minimum atomic E-state index is -0.207. The van der Waals surface area contributed by atoms with Crippen molar-refractivity contribution in [3.05, 3.63) is 73.5 Å². The smallest absolute Gasteiger partial charge is 0.0964 e. The van der Waals surface area contributed by atoms with E-state index in [-0.39, 0.29) is 6.17 Å². The fourth-order valence-electron chi connectivity index (χ4n) is 1.56. The molecule has 0 bridgehead atoms. The lowest BCUT2D eigenvalue weighted by molar-refractivity contribution is 0.322. The van der Waals surface area contributed by atoms with Gasteiger partial charge in [-0.15, -0.1) is 0 Å². The Bertz CT molecular complexity index is 373. The van der Waals surface area contributed by atoms with Crippen LogP contribution in [0.4, 0.5) is 0 Å². The van der Waals surface area contributed by atoms with Crippen molar-refractivity contribution in [1.29, 1.82) is 0 Å². The van der Waals surface area contributed by atoms with Gasteiger partial charge in [0.25, 0.3) is 0 Å². The highest BCUT2D eigenvalue weighted by atomic mass is 15.2. The molecule has 0 heterocycles. The van der Waals surface area contributed by atoms with Gasteiger partial charge < -0.3 is 10.6 Å². The van der Waals surface area contributed by atoms with Crippen molar-refractivity contribution in [1.82, 2.24) is 4.90 Å². The second kappa shape index (κ2) is 9.25. The first-order chi connectivity index (χ1) is 8.60. The van der Waals surface area contributed by atoms with Crippen molar-refractivity contribution < 1.29 is 0 Å². The Morgan fingerprint density at radius 1 is 1.33 bits per heavy atom. The Hall–Kier alpha value is -1.80. The molecular formula is C16H24N2. The Labute approximate surface area is 111 Å². The highest BCUT2D eigenvalue weighted by Gasteiger charge is 2.09. The summed E-state index contributed by atoms with van der Waals surface area (Å²) in [6, 6.07) is 0. The van der Waals surface area contributed by atoms with Crippen LogP contribution in [0.15, 0.2) is 73.5 Å². The van der Waals surface area contributed by atoms with Crippen LogP contribution in [-0.4, -0.2) is 17.6 Å². The normalized spacial score (nSPS) is 13.8. The van der Waals surface area contributed by atoms with Crippen molar-refractivity contribution in [2.24, 2.45) is 5.73 Å². The fraction of sp³-hybridized carbons (Fsp3) is 0.250. The number of allylic oxidation sites excluding steroid dienone is 7. The lowest BCUT2D eigenvalue weighted by Gasteiger charge is -2.28. The molecule has 0 aromatic rings. The van der Waals surface area contributed by atoms with E-state index < -0.39 is 0 Å². The quantitative estimate of drug-likeness (QED) is 0.523. The molecule has 0 aliphatic carbocycles. The van der Waals surface area contributed by atoms with Crippen LogP contribution in [-0.2, 0) is 0 Å². The first-order valence-corrected chi connectivity index (χ1v) is 6.07. The molecule has 0 aromatic heterocycles. The van der Waals surface area contributed by atoms with Crippen LogP contribution < -0.4 is 5.73 Å². The number of likely N-dealkylation sites (N-methyl/N-ethyl adjacent to an activating group) is 1. The van der Waals surface area contributed by atoms with Gasteiger partial charge in [0.05, 0.1) is 6.17 Å². The second-order valence-electron chi connectivity index (χ2n) is 3.74. The van der Waals surface area contributed by atoms with E-state index in [9.17, 15) is 0 Å². The summed E-state index contributed by atoms with van der Waals surface area (Å²) in [6.07, 6.45) is 12.9. The summed E-state index contributed by atoms with van der Waals surface area (Å²) in [7, 11) is 0. The summed E-state index contributed by atoms with van der Waals surface area (Å²) in [6.45, 7) is 16.2. The zero-order chi connectivity index (χ0) is 14.0. The molecule has 0 amide bonds. The Morgan fingerprint density at radius 2 is 2.00 bits per heavy atom. The number of hydrogen-bond donors (Lipinski definition) is 1. The highest BCUT2D eigenvalue weighted by molar-refractivity contribution is 5.28. The first kappa shape index (κ1) is 16.2. The van der Waals surface area contributed by atoms with E-state index in [0.717, 1.165) is 17.8 Å². The average Bonchev–Trinajstić information content (AvgIpc) is 2.36. The van der Waals surface area contributed by atoms with Gasteiger partial charge in [-0.1, -0.05) is 44.0 Å². The first-order valence-electron chi connectivity index (χ1n) is 6.07. The van der Waals surface area contributed by atoms with E-state index in [2.05, 4.69) is 26.7 Å². The predicted octanol–water partition coefficient (Wildman–Crippen LogP) is 3.54. The van der Waals surface area contributed by atoms with E-state index in [1.54, 1.807) is 12.2 Å². The van der Waals surface area contributed by atoms with Crippen LogP contribution in [0, 0.1) is 0 Å². The molecule has 2 heteroatoms. The largest absolute Gasteiger partial charge is 0.353 e. The van der Waals surface area contributed by atoms with E-state index in [4.69, 9.17) is 5.73 Å². The van der Waals surface area contributed by atoms with E-state index in [0.29, 0.717) is 0 Å². The molecule has 0 saturated carbocycles. The third-order valence-corrected chi connectivity index (χ3v) is 2.42. The van der Waals surface area contributed by atoms with Crippen molar-refractivity contribution in [2.45, 2.75) is 20.0 Å². The van der Waals surface area contributed by atoms with Gasteiger partial charge in [-0.3, -0.25) is 0 Å². The molecule has 0 aliphatic heterocycles. The van der Waals surface area contributed by atoms with Crippen LogP contribution >= 0.6 is 0 Å². The summed E-state index contributed by atoms with van der Waals surface area (Å²) in [5.41, 5.74) is 8.02. The van der Waals surface area contributed by atoms with E-state index in [1.807, 2.05) is 42.2 Å². The molecular weight excluding hydrogens is 220 g/mol. The molecule has 0 aromatic carbocycles. The Kier molecular flexibility index (Phi) is 8.33. The summed E-state index contributed by atoms with van der Waals surface area (Å²) in [4.78, 5) is 2.04. The minimum Gasteiger partial charge on any atom is -0.353 e. The average molecular weight is 244 g/mol. The predicted molar refractivity (Wildman–Crippen MR) is 81.9 cm³/mol. The third kappa shape index (κ3) is 5.51. The van der Waals surface area contributed by atoms with Crippen molar-refractivity contribution >= 4 is 0 Å². The van der Waals surface area contributed by atoms with Gasteiger partial charge in [0.15, 0.2) is 0 Å². The zero-order valence-corrected chi connectivity index (χ0v) is 11.5. The van der Waals surface area contributed by atoms with Crippen LogP contribution in [0.5, 0.6) is 0 Å². The van der Waals surface area contributed by atoms with Gasteiger partial charge in [-0.25, -0.2) is 0 Å². The van der Waals surface area contributed by atoms with Crippen LogP contribution in [0.2, 0.25) is 0 Å². The SMILES string of the molecule is C=C/C=C(/C=C)N(CC)C(N)/C=C\C(=C)/C=C\C. The van der Waals surface area contributed by atoms with Gasteiger partial charge in [0.2, 0.25) is 0 Å². The van der Waals surface area contributed by atoms with Gasteiger partial charge in [0.1, 0.15) is 0 Å². The maximum Gasteiger partial charge on any atom is 0.0964 e. The summed E-state index contributed by atoms with van der Waals surface area (Å²) < 4.78 is 0. The molecule has 1 atom stereocenters. The standard InChI is InChI=1S/C16H24N2/c1-6-10-14(5)12-13-16(17)18(9-4)15(8-3)11-7-2/h6-8,10-13,16H,2-3,5,9,17H2,1,4H3/b10-6-,13-12-,15-11-. The molecule has 98 valence electrons.